The van der Waals surface area contributed by atoms with E-state index in [-0.39, 0.29) is 11.8 Å². The molecule has 1 saturated carbocycles. The van der Waals surface area contributed by atoms with Crippen molar-refractivity contribution >= 4 is 5.91 Å². The van der Waals surface area contributed by atoms with Gasteiger partial charge in [-0.05, 0) is 24.7 Å². The predicted octanol–water partition coefficient (Wildman–Crippen LogP) is 0.994. The molecule has 2 bridgehead atoms. The van der Waals surface area contributed by atoms with Gasteiger partial charge in [-0.25, -0.2) is 0 Å². The first kappa shape index (κ1) is 15.5. The molecule has 2 aliphatic rings. The third-order valence-corrected chi connectivity index (χ3v) is 3.97. The summed E-state index contributed by atoms with van der Waals surface area (Å²) in [6.45, 7) is 3.43. The minimum atomic E-state index is 0.182. The van der Waals surface area contributed by atoms with Gasteiger partial charge in [0.05, 0.1) is 33.0 Å². The molecule has 5 heteroatoms. The number of carbonyl (C=O) groups excluding carboxylic acids is 1. The molecule has 2 rings (SSSR count). The van der Waals surface area contributed by atoms with E-state index in [0.717, 1.165) is 12.8 Å². The first-order chi connectivity index (χ1) is 9.81. The lowest BCUT2D eigenvalue weighted by Crippen LogP contribution is -2.35. The molecule has 0 aliphatic heterocycles. The van der Waals surface area contributed by atoms with E-state index >= 15 is 0 Å². The van der Waals surface area contributed by atoms with Crippen LogP contribution in [0.2, 0.25) is 0 Å². The highest BCUT2D eigenvalue weighted by Gasteiger charge is 2.39. The van der Waals surface area contributed by atoms with Crippen LogP contribution in [0.4, 0.5) is 0 Å². The fourth-order valence-corrected chi connectivity index (χ4v) is 2.92. The van der Waals surface area contributed by atoms with Crippen molar-refractivity contribution in [3.8, 4) is 0 Å². The molecule has 1 N–H and O–H groups in total. The van der Waals surface area contributed by atoms with Crippen molar-refractivity contribution in [2.45, 2.75) is 12.8 Å². The quantitative estimate of drug-likeness (QED) is 0.480. The molecular weight excluding hydrogens is 258 g/mol. The molecule has 0 saturated heterocycles. The lowest BCUT2D eigenvalue weighted by atomic mass is 9.93. The maximum Gasteiger partial charge on any atom is 0.223 e. The van der Waals surface area contributed by atoms with E-state index in [1.807, 2.05) is 0 Å². The zero-order chi connectivity index (χ0) is 14.2. The van der Waals surface area contributed by atoms with Crippen LogP contribution in [0.25, 0.3) is 0 Å². The van der Waals surface area contributed by atoms with Gasteiger partial charge in [-0.15, -0.1) is 0 Å². The van der Waals surface area contributed by atoms with E-state index in [0.29, 0.717) is 51.4 Å². The monoisotopic (exact) mass is 283 g/mol. The number of nitrogens with one attached hydrogen (secondary N) is 1. The molecule has 1 amide bonds. The Morgan fingerprint density at radius 1 is 1.10 bits per heavy atom. The summed E-state index contributed by atoms with van der Waals surface area (Å²) < 4.78 is 15.5. The van der Waals surface area contributed by atoms with Crippen LogP contribution >= 0.6 is 0 Å². The van der Waals surface area contributed by atoms with Gasteiger partial charge in [0.1, 0.15) is 0 Å². The molecular formula is C15H25NO4. The Bertz CT molecular complexity index is 332. The average molecular weight is 283 g/mol. The second kappa shape index (κ2) is 8.39. The standard InChI is InChI=1S/C15H25NO4/c1-18-6-7-20-9-8-19-5-4-16-15(17)14-11-12-2-3-13(14)10-12/h2-3,12-14H,4-11H2,1H3,(H,16,17). The summed E-state index contributed by atoms with van der Waals surface area (Å²) in [7, 11) is 1.65. The topological polar surface area (TPSA) is 56.8 Å². The van der Waals surface area contributed by atoms with E-state index in [1.165, 1.54) is 0 Å². The Morgan fingerprint density at radius 3 is 2.50 bits per heavy atom. The van der Waals surface area contributed by atoms with Gasteiger partial charge < -0.3 is 19.5 Å². The van der Waals surface area contributed by atoms with Gasteiger partial charge in [0, 0.05) is 19.6 Å². The van der Waals surface area contributed by atoms with Gasteiger partial charge in [-0.1, -0.05) is 12.2 Å². The first-order valence-electron chi connectivity index (χ1n) is 7.41. The molecule has 0 heterocycles. The maximum absolute atomic E-state index is 12.0. The molecule has 0 aromatic heterocycles. The van der Waals surface area contributed by atoms with E-state index in [9.17, 15) is 4.79 Å². The molecule has 0 aromatic rings. The van der Waals surface area contributed by atoms with Crippen LogP contribution in [0.3, 0.4) is 0 Å². The van der Waals surface area contributed by atoms with Gasteiger partial charge in [0.15, 0.2) is 0 Å². The summed E-state index contributed by atoms with van der Waals surface area (Å²) in [5.74, 6) is 1.47. The van der Waals surface area contributed by atoms with Crippen molar-refractivity contribution in [3.05, 3.63) is 12.2 Å². The van der Waals surface area contributed by atoms with Gasteiger partial charge in [-0.3, -0.25) is 4.79 Å². The van der Waals surface area contributed by atoms with Crippen molar-refractivity contribution in [2.24, 2.45) is 17.8 Å². The minimum Gasteiger partial charge on any atom is -0.382 e. The number of amides is 1. The number of carbonyl (C=O) groups is 1. The highest BCUT2D eigenvalue weighted by Crippen LogP contribution is 2.43. The lowest BCUT2D eigenvalue weighted by molar-refractivity contribution is -0.126. The van der Waals surface area contributed by atoms with Gasteiger partial charge in [-0.2, -0.15) is 0 Å². The summed E-state index contributed by atoms with van der Waals surface area (Å²) in [5.41, 5.74) is 0. The summed E-state index contributed by atoms with van der Waals surface area (Å²) in [5, 5.41) is 2.96. The highest BCUT2D eigenvalue weighted by molar-refractivity contribution is 5.79. The van der Waals surface area contributed by atoms with Crippen LogP contribution in [0.15, 0.2) is 12.2 Å². The summed E-state index contributed by atoms with van der Waals surface area (Å²) in [6, 6.07) is 0. The SMILES string of the molecule is COCCOCCOCCNC(=O)C1CC2C=CC1C2. The Labute approximate surface area is 120 Å². The number of fused-ring (bicyclic) bond motifs is 2. The van der Waals surface area contributed by atoms with Crippen LogP contribution in [-0.2, 0) is 19.0 Å². The third-order valence-electron chi connectivity index (χ3n) is 3.97. The first-order valence-corrected chi connectivity index (χ1v) is 7.41. The number of rotatable bonds is 10. The molecule has 5 nitrogen and oxygen atoms in total. The highest BCUT2D eigenvalue weighted by atomic mass is 16.5. The fraction of sp³-hybridized carbons (Fsp3) is 0.800. The smallest absolute Gasteiger partial charge is 0.223 e. The molecule has 3 atom stereocenters. The minimum absolute atomic E-state index is 0.182. The zero-order valence-corrected chi connectivity index (χ0v) is 12.2. The number of hydrogen-bond acceptors (Lipinski definition) is 4. The number of allylic oxidation sites excluding steroid dienone is 2. The average Bonchev–Trinajstić information content (AvgIpc) is 3.08. The van der Waals surface area contributed by atoms with Crippen LogP contribution in [-0.4, -0.2) is 52.6 Å². The third kappa shape index (κ3) is 4.58. The van der Waals surface area contributed by atoms with Crippen molar-refractivity contribution in [3.63, 3.8) is 0 Å². The van der Waals surface area contributed by atoms with Gasteiger partial charge in [0.25, 0.3) is 0 Å². The van der Waals surface area contributed by atoms with Gasteiger partial charge in [0.2, 0.25) is 5.91 Å². The molecule has 0 aromatic carbocycles. The second-order valence-electron chi connectivity index (χ2n) is 5.40. The summed E-state index contributed by atoms with van der Waals surface area (Å²) in [4.78, 5) is 12.0. The summed E-state index contributed by atoms with van der Waals surface area (Å²) in [6.07, 6.45) is 6.63. The van der Waals surface area contributed by atoms with Crippen molar-refractivity contribution in [1.29, 1.82) is 0 Å². The molecule has 2 aliphatic carbocycles. The Morgan fingerprint density at radius 2 is 1.85 bits per heavy atom. The van der Waals surface area contributed by atoms with Crippen LogP contribution in [0, 0.1) is 17.8 Å². The summed E-state index contributed by atoms with van der Waals surface area (Å²) >= 11 is 0. The van der Waals surface area contributed by atoms with Crippen molar-refractivity contribution in [1.82, 2.24) is 5.32 Å². The van der Waals surface area contributed by atoms with E-state index in [2.05, 4.69) is 17.5 Å². The molecule has 114 valence electrons. The van der Waals surface area contributed by atoms with E-state index in [1.54, 1.807) is 7.11 Å². The van der Waals surface area contributed by atoms with Crippen LogP contribution in [0.1, 0.15) is 12.8 Å². The number of ether oxygens (including phenoxy) is 3. The van der Waals surface area contributed by atoms with Gasteiger partial charge >= 0.3 is 0 Å². The Kier molecular flexibility index (Phi) is 6.50. The Balaban J connectivity index is 1.43. The maximum atomic E-state index is 12.0. The van der Waals surface area contributed by atoms with Crippen molar-refractivity contribution in [2.75, 3.05) is 46.7 Å². The normalized spacial score (nSPS) is 27.1. The van der Waals surface area contributed by atoms with Crippen LogP contribution in [0.5, 0.6) is 0 Å². The van der Waals surface area contributed by atoms with E-state index in [4.69, 9.17) is 14.2 Å². The lowest BCUT2D eigenvalue weighted by Gasteiger charge is -2.17. The number of hydrogen-bond donors (Lipinski definition) is 1. The molecule has 0 radical (unpaired) electrons. The molecule has 20 heavy (non-hydrogen) atoms. The van der Waals surface area contributed by atoms with Crippen LogP contribution < -0.4 is 5.32 Å². The van der Waals surface area contributed by atoms with E-state index < -0.39 is 0 Å². The Hall–Kier alpha value is -0.910. The fourth-order valence-electron chi connectivity index (χ4n) is 2.92. The van der Waals surface area contributed by atoms with Crippen molar-refractivity contribution < 1.29 is 19.0 Å². The molecule has 3 unspecified atom stereocenters. The number of methoxy groups -OCH3 is 1. The largest absolute Gasteiger partial charge is 0.382 e. The zero-order valence-electron chi connectivity index (χ0n) is 12.2. The predicted molar refractivity (Wildman–Crippen MR) is 75.4 cm³/mol. The molecule has 0 spiro atoms. The molecule has 1 fully saturated rings. The second-order valence-corrected chi connectivity index (χ2v) is 5.40.